The Balaban J connectivity index is 1.33. The fraction of sp³-hybridized carbons (Fsp3) is 0.364. The van der Waals surface area contributed by atoms with Gasteiger partial charge >= 0.3 is 0 Å². The maximum absolute atomic E-state index is 4.36. The van der Waals surface area contributed by atoms with Gasteiger partial charge in [-0.1, -0.05) is 30.3 Å². The minimum atomic E-state index is 0.519. The highest BCUT2D eigenvalue weighted by molar-refractivity contribution is 5.59. The highest BCUT2D eigenvalue weighted by atomic mass is 15.3. The maximum Gasteiger partial charge on any atom is 0.181 e. The number of anilines is 1. The van der Waals surface area contributed by atoms with E-state index in [0.717, 1.165) is 30.9 Å². The fourth-order valence-corrected chi connectivity index (χ4v) is 3.83. The number of piperidine rings is 1. The van der Waals surface area contributed by atoms with Gasteiger partial charge in [0.2, 0.25) is 0 Å². The van der Waals surface area contributed by atoms with Gasteiger partial charge in [0, 0.05) is 43.5 Å². The van der Waals surface area contributed by atoms with Crippen molar-refractivity contribution >= 4 is 5.69 Å². The van der Waals surface area contributed by atoms with Crippen LogP contribution in [0.15, 0.2) is 60.9 Å². The highest BCUT2D eigenvalue weighted by Crippen LogP contribution is 2.24. The van der Waals surface area contributed by atoms with Gasteiger partial charge < -0.3 is 5.32 Å². The quantitative estimate of drug-likeness (QED) is 0.747. The maximum atomic E-state index is 4.36. The van der Waals surface area contributed by atoms with Crippen LogP contribution >= 0.6 is 0 Å². The van der Waals surface area contributed by atoms with Crippen LogP contribution in [-0.2, 0) is 13.6 Å². The first kappa shape index (κ1) is 17.7. The van der Waals surface area contributed by atoms with E-state index in [1.54, 1.807) is 11.0 Å². The molecule has 1 saturated heterocycles. The predicted molar refractivity (Wildman–Crippen MR) is 109 cm³/mol. The van der Waals surface area contributed by atoms with Crippen LogP contribution in [0, 0.1) is 0 Å². The van der Waals surface area contributed by atoms with Crippen molar-refractivity contribution in [3.05, 3.63) is 66.5 Å². The van der Waals surface area contributed by atoms with Gasteiger partial charge in [-0.2, -0.15) is 5.10 Å². The molecule has 0 aliphatic carbocycles. The van der Waals surface area contributed by atoms with Crippen LogP contribution in [0.25, 0.3) is 11.4 Å². The molecule has 2 heterocycles. The van der Waals surface area contributed by atoms with E-state index in [-0.39, 0.29) is 0 Å². The van der Waals surface area contributed by atoms with Crippen LogP contribution in [0.3, 0.4) is 0 Å². The molecule has 27 heavy (non-hydrogen) atoms. The molecular weight excluding hydrogens is 334 g/mol. The zero-order valence-electron chi connectivity index (χ0n) is 16.0. The zero-order chi connectivity index (χ0) is 18.6. The third kappa shape index (κ3) is 4.37. The van der Waals surface area contributed by atoms with Crippen molar-refractivity contribution in [3.63, 3.8) is 0 Å². The van der Waals surface area contributed by atoms with Crippen molar-refractivity contribution < 1.29 is 0 Å². The molecule has 1 aliphatic rings. The number of hydrogen-bond donors (Lipinski definition) is 1. The SMILES string of the molecule is C[C@H]1C[C@@H](Nc2ccc(-c3ncn(C)n3)cc2)CCN1Cc1ccccc1. The summed E-state index contributed by atoms with van der Waals surface area (Å²) in [5.74, 6) is 0.770. The Morgan fingerprint density at radius 2 is 1.85 bits per heavy atom. The summed E-state index contributed by atoms with van der Waals surface area (Å²) in [6.07, 6.45) is 4.06. The van der Waals surface area contributed by atoms with Crippen molar-refractivity contribution in [2.75, 3.05) is 11.9 Å². The van der Waals surface area contributed by atoms with Crippen LogP contribution in [0.1, 0.15) is 25.3 Å². The van der Waals surface area contributed by atoms with Crippen molar-refractivity contribution in [2.24, 2.45) is 7.05 Å². The number of nitrogens with zero attached hydrogens (tertiary/aromatic N) is 4. The molecule has 1 fully saturated rings. The van der Waals surface area contributed by atoms with Crippen LogP contribution < -0.4 is 5.32 Å². The summed E-state index contributed by atoms with van der Waals surface area (Å²) in [7, 11) is 1.89. The lowest BCUT2D eigenvalue weighted by Crippen LogP contribution is -2.44. The molecule has 1 N–H and O–H groups in total. The molecule has 2 atom stereocenters. The first-order valence-corrected chi connectivity index (χ1v) is 9.68. The van der Waals surface area contributed by atoms with E-state index in [2.05, 4.69) is 81.8 Å². The van der Waals surface area contributed by atoms with Gasteiger partial charge in [-0.05, 0) is 49.6 Å². The molecule has 0 amide bonds. The van der Waals surface area contributed by atoms with Crippen molar-refractivity contribution in [1.82, 2.24) is 19.7 Å². The second-order valence-corrected chi connectivity index (χ2v) is 7.49. The van der Waals surface area contributed by atoms with Crippen molar-refractivity contribution in [3.8, 4) is 11.4 Å². The minimum absolute atomic E-state index is 0.519. The number of nitrogens with one attached hydrogen (secondary N) is 1. The molecule has 0 spiro atoms. The van der Waals surface area contributed by atoms with E-state index in [0.29, 0.717) is 12.1 Å². The Morgan fingerprint density at radius 1 is 1.07 bits per heavy atom. The van der Waals surface area contributed by atoms with Gasteiger partial charge in [-0.15, -0.1) is 0 Å². The van der Waals surface area contributed by atoms with E-state index in [1.807, 2.05) is 7.05 Å². The Bertz CT molecular complexity index is 856. The van der Waals surface area contributed by atoms with E-state index < -0.39 is 0 Å². The molecule has 2 aromatic carbocycles. The Morgan fingerprint density at radius 3 is 2.52 bits per heavy atom. The van der Waals surface area contributed by atoms with Gasteiger partial charge in [0.05, 0.1) is 0 Å². The van der Waals surface area contributed by atoms with E-state index in [4.69, 9.17) is 0 Å². The van der Waals surface area contributed by atoms with Crippen molar-refractivity contribution in [1.29, 1.82) is 0 Å². The molecule has 5 nitrogen and oxygen atoms in total. The lowest BCUT2D eigenvalue weighted by molar-refractivity contribution is 0.144. The molecule has 3 aromatic rings. The van der Waals surface area contributed by atoms with Gasteiger partial charge in [0.15, 0.2) is 5.82 Å². The van der Waals surface area contributed by atoms with Crippen LogP contribution in [0.5, 0.6) is 0 Å². The number of rotatable bonds is 5. The van der Waals surface area contributed by atoms with Gasteiger partial charge in [0.25, 0.3) is 0 Å². The number of aryl methyl sites for hydroxylation is 1. The van der Waals surface area contributed by atoms with E-state index in [9.17, 15) is 0 Å². The Kier molecular flexibility index (Phi) is 5.21. The average molecular weight is 361 g/mol. The zero-order valence-corrected chi connectivity index (χ0v) is 16.0. The summed E-state index contributed by atoms with van der Waals surface area (Å²) < 4.78 is 1.73. The molecular formula is C22H27N5. The second-order valence-electron chi connectivity index (χ2n) is 7.49. The lowest BCUT2D eigenvalue weighted by atomic mass is 9.97. The summed E-state index contributed by atoms with van der Waals surface area (Å²) in [5, 5.41) is 8.07. The lowest BCUT2D eigenvalue weighted by Gasteiger charge is -2.38. The third-order valence-electron chi connectivity index (χ3n) is 5.36. The summed E-state index contributed by atoms with van der Waals surface area (Å²) >= 11 is 0. The summed E-state index contributed by atoms with van der Waals surface area (Å²) in [6, 6.07) is 20.3. The van der Waals surface area contributed by atoms with Gasteiger partial charge in [-0.3, -0.25) is 9.58 Å². The van der Waals surface area contributed by atoms with Crippen LogP contribution in [0.4, 0.5) is 5.69 Å². The molecule has 4 rings (SSSR count). The normalized spacial score (nSPS) is 20.5. The minimum Gasteiger partial charge on any atom is -0.382 e. The first-order valence-electron chi connectivity index (χ1n) is 9.68. The van der Waals surface area contributed by atoms with Crippen LogP contribution in [0.2, 0.25) is 0 Å². The van der Waals surface area contributed by atoms with Crippen LogP contribution in [-0.4, -0.2) is 38.3 Å². The molecule has 140 valence electrons. The molecule has 0 saturated carbocycles. The number of hydrogen-bond acceptors (Lipinski definition) is 4. The number of aromatic nitrogens is 3. The highest BCUT2D eigenvalue weighted by Gasteiger charge is 2.25. The summed E-state index contributed by atoms with van der Waals surface area (Å²) in [4.78, 5) is 6.90. The first-order chi connectivity index (χ1) is 13.2. The molecule has 0 unspecified atom stereocenters. The van der Waals surface area contributed by atoms with E-state index >= 15 is 0 Å². The largest absolute Gasteiger partial charge is 0.382 e. The van der Waals surface area contributed by atoms with Crippen molar-refractivity contribution in [2.45, 2.75) is 38.4 Å². The summed E-state index contributed by atoms with van der Waals surface area (Å²) in [5.41, 5.74) is 3.62. The number of benzene rings is 2. The molecule has 0 bridgehead atoms. The molecule has 5 heteroatoms. The topological polar surface area (TPSA) is 46.0 Å². The molecule has 1 aliphatic heterocycles. The fourth-order valence-electron chi connectivity index (χ4n) is 3.83. The molecule has 1 aromatic heterocycles. The smallest absolute Gasteiger partial charge is 0.181 e. The van der Waals surface area contributed by atoms with Gasteiger partial charge in [-0.25, -0.2) is 4.98 Å². The third-order valence-corrected chi connectivity index (χ3v) is 5.36. The monoisotopic (exact) mass is 361 g/mol. The van der Waals surface area contributed by atoms with E-state index in [1.165, 1.54) is 17.7 Å². The predicted octanol–water partition coefficient (Wildman–Crippen LogP) is 3.95. The standard InChI is InChI=1S/C22H27N5/c1-17-14-21(12-13-27(17)15-18-6-4-3-5-7-18)24-20-10-8-19(9-11-20)22-23-16-26(2)25-22/h3-11,16-17,21,24H,12-15H2,1-2H3/t17-,21-/m0/s1. The summed E-state index contributed by atoms with van der Waals surface area (Å²) in [6.45, 7) is 4.51. The Labute approximate surface area is 161 Å². The van der Waals surface area contributed by atoms with Gasteiger partial charge in [0.1, 0.15) is 6.33 Å². The average Bonchev–Trinajstić information content (AvgIpc) is 3.12. The Hall–Kier alpha value is -2.66. The second kappa shape index (κ2) is 7.92. The number of likely N-dealkylation sites (tertiary alicyclic amines) is 1. The molecule has 0 radical (unpaired) electrons.